The maximum absolute atomic E-state index is 11.8. The average molecular weight is 288 g/mol. The van der Waals surface area contributed by atoms with Gasteiger partial charge in [0, 0.05) is 23.8 Å². The molecule has 6 heteroatoms. The van der Waals surface area contributed by atoms with Crippen molar-refractivity contribution >= 4 is 23.5 Å². The van der Waals surface area contributed by atoms with Gasteiger partial charge in [-0.2, -0.15) is 0 Å². The van der Waals surface area contributed by atoms with Crippen molar-refractivity contribution in [2.45, 2.75) is 11.3 Å². The number of benzene rings is 1. The molecular weight excluding hydrogens is 272 g/mol. The molecule has 3 N–H and O–H groups in total. The van der Waals surface area contributed by atoms with Gasteiger partial charge in [-0.25, -0.2) is 9.97 Å². The van der Waals surface area contributed by atoms with Gasteiger partial charge < -0.3 is 11.1 Å². The molecule has 1 aromatic heterocycles. The topological polar surface area (TPSA) is 80.9 Å². The average Bonchev–Trinajstić information content (AvgIpc) is 2.48. The predicted molar refractivity (Wildman–Crippen MR) is 80.6 cm³/mol. The number of aromatic nitrogens is 2. The number of rotatable bonds is 6. The first-order valence-electron chi connectivity index (χ1n) is 6.30. The van der Waals surface area contributed by atoms with Crippen molar-refractivity contribution in [3.05, 3.63) is 48.4 Å². The highest BCUT2D eigenvalue weighted by Gasteiger charge is 2.10. The second kappa shape index (κ2) is 7.49. The first kappa shape index (κ1) is 14.3. The van der Waals surface area contributed by atoms with E-state index in [-0.39, 0.29) is 17.4 Å². The molecule has 104 valence electrons. The number of carbonyl (C=O) groups excluding carboxylic acids is 1. The van der Waals surface area contributed by atoms with Crippen molar-refractivity contribution in [3.63, 3.8) is 0 Å². The highest BCUT2D eigenvalue weighted by molar-refractivity contribution is 7.99. The van der Waals surface area contributed by atoms with Crippen LogP contribution in [0.2, 0.25) is 0 Å². The summed E-state index contributed by atoms with van der Waals surface area (Å²) in [5, 5.41) is 2.79. The van der Waals surface area contributed by atoms with E-state index in [2.05, 4.69) is 27.4 Å². The zero-order valence-electron chi connectivity index (χ0n) is 11.0. The van der Waals surface area contributed by atoms with E-state index in [1.54, 1.807) is 11.8 Å². The van der Waals surface area contributed by atoms with Gasteiger partial charge in [-0.15, -0.1) is 11.8 Å². The minimum absolute atomic E-state index is 0.156. The normalized spacial score (nSPS) is 10.2. The van der Waals surface area contributed by atoms with Gasteiger partial charge in [-0.05, 0) is 24.3 Å². The van der Waals surface area contributed by atoms with Crippen molar-refractivity contribution in [3.8, 4) is 0 Å². The molecular formula is C14H16N4OS. The minimum Gasteiger partial charge on any atom is -0.382 e. The Morgan fingerprint density at radius 2 is 1.95 bits per heavy atom. The molecule has 0 aliphatic heterocycles. The van der Waals surface area contributed by atoms with Crippen LogP contribution in [0.5, 0.6) is 0 Å². The molecule has 0 radical (unpaired) electrons. The van der Waals surface area contributed by atoms with Crippen molar-refractivity contribution < 1.29 is 4.79 Å². The van der Waals surface area contributed by atoms with Crippen LogP contribution in [0.4, 0.5) is 5.82 Å². The number of nitrogens with one attached hydrogen (secondary N) is 1. The zero-order valence-corrected chi connectivity index (χ0v) is 11.8. The van der Waals surface area contributed by atoms with Gasteiger partial charge in [0.1, 0.15) is 0 Å². The van der Waals surface area contributed by atoms with Crippen LogP contribution in [0.3, 0.4) is 0 Å². The lowest BCUT2D eigenvalue weighted by atomic mass is 10.3. The van der Waals surface area contributed by atoms with Gasteiger partial charge >= 0.3 is 0 Å². The van der Waals surface area contributed by atoms with E-state index >= 15 is 0 Å². The fourth-order valence-corrected chi connectivity index (χ4v) is 2.46. The molecule has 0 saturated heterocycles. The fourth-order valence-electron chi connectivity index (χ4n) is 1.59. The summed E-state index contributed by atoms with van der Waals surface area (Å²) in [4.78, 5) is 20.8. The summed E-state index contributed by atoms with van der Waals surface area (Å²) in [6.45, 7) is 0.592. The van der Waals surface area contributed by atoms with Gasteiger partial charge in [0.05, 0.1) is 0 Å². The quantitative estimate of drug-likeness (QED) is 0.627. The Morgan fingerprint density at radius 3 is 2.70 bits per heavy atom. The summed E-state index contributed by atoms with van der Waals surface area (Å²) in [6, 6.07) is 10.2. The number of nitrogens with zero attached hydrogens (tertiary/aromatic N) is 2. The third-order valence-corrected chi connectivity index (χ3v) is 3.66. The van der Waals surface area contributed by atoms with Crippen molar-refractivity contribution in [1.29, 1.82) is 0 Å². The van der Waals surface area contributed by atoms with E-state index in [1.807, 2.05) is 18.2 Å². The first-order chi connectivity index (χ1) is 9.77. The number of hydrogen-bond acceptors (Lipinski definition) is 5. The molecule has 0 fully saturated rings. The van der Waals surface area contributed by atoms with Gasteiger partial charge in [0.25, 0.3) is 5.91 Å². The number of thioether (sulfide) groups is 1. The highest BCUT2D eigenvalue weighted by atomic mass is 32.2. The Labute approximate surface area is 122 Å². The van der Waals surface area contributed by atoms with E-state index in [9.17, 15) is 4.79 Å². The van der Waals surface area contributed by atoms with Gasteiger partial charge in [0.15, 0.2) is 11.5 Å². The monoisotopic (exact) mass is 288 g/mol. The van der Waals surface area contributed by atoms with Gasteiger partial charge in [-0.3, -0.25) is 4.79 Å². The summed E-state index contributed by atoms with van der Waals surface area (Å²) in [5.74, 6) is 0.823. The summed E-state index contributed by atoms with van der Waals surface area (Å²) >= 11 is 1.77. The van der Waals surface area contributed by atoms with E-state index < -0.39 is 0 Å². The number of anilines is 1. The smallest absolute Gasteiger partial charge is 0.273 e. The van der Waals surface area contributed by atoms with Crippen LogP contribution in [0.15, 0.2) is 47.6 Å². The number of nitrogen functional groups attached to an aromatic ring is 1. The molecule has 0 saturated carbocycles. The van der Waals surface area contributed by atoms with Crippen LogP contribution < -0.4 is 11.1 Å². The van der Waals surface area contributed by atoms with E-state index in [4.69, 9.17) is 5.73 Å². The molecule has 0 bridgehead atoms. The summed E-state index contributed by atoms with van der Waals surface area (Å²) in [6.07, 6.45) is 3.80. The predicted octanol–water partition coefficient (Wildman–Crippen LogP) is 1.97. The van der Waals surface area contributed by atoms with Crippen LogP contribution >= 0.6 is 11.8 Å². The molecule has 1 aromatic carbocycles. The third-order valence-electron chi connectivity index (χ3n) is 2.56. The van der Waals surface area contributed by atoms with Gasteiger partial charge in [-0.1, -0.05) is 18.2 Å². The highest BCUT2D eigenvalue weighted by Crippen LogP contribution is 2.17. The number of carbonyl (C=O) groups is 1. The fraction of sp³-hybridized carbons (Fsp3) is 0.214. The summed E-state index contributed by atoms with van der Waals surface area (Å²) in [7, 11) is 0. The van der Waals surface area contributed by atoms with E-state index in [1.165, 1.54) is 17.3 Å². The second-order valence-electron chi connectivity index (χ2n) is 4.06. The maximum Gasteiger partial charge on any atom is 0.273 e. The lowest BCUT2D eigenvalue weighted by Crippen LogP contribution is -2.26. The summed E-state index contributed by atoms with van der Waals surface area (Å²) < 4.78 is 0. The zero-order chi connectivity index (χ0) is 14.2. The Morgan fingerprint density at radius 1 is 1.20 bits per heavy atom. The molecule has 2 rings (SSSR count). The molecule has 0 atom stereocenters. The van der Waals surface area contributed by atoms with Crippen LogP contribution in [-0.2, 0) is 0 Å². The first-order valence-corrected chi connectivity index (χ1v) is 7.28. The molecule has 0 aliphatic carbocycles. The van der Waals surface area contributed by atoms with E-state index in [0.29, 0.717) is 6.54 Å². The molecule has 2 aromatic rings. The largest absolute Gasteiger partial charge is 0.382 e. The molecule has 0 unspecified atom stereocenters. The third kappa shape index (κ3) is 4.24. The number of nitrogens with two attached hydrogens (primary N) is 1. The van der Waals surface area contributed by atoms with Gasteiger partial charge in [0.2, 0.25) is 0 Å². The number of hydrogen-bond donors (Lipinski definition) is 2. The van der Waals surface area contributed by atoms with Crippen LogP contribution in [0.1, 0.15) is 16.9 Å². The Bertz CT molecular complexity index is 562. The van der Waals surface area contributed by atoms with Crippen LogP contribution in [0, 0.1) is 0 Å². The summed E-state index contributed by atoms with van der Waals surface area (Å²) in [5.41, 5.74) is 5.77. The van der Waals surface area contributed by atoms with Crippen LogP contribution in [-0.4, -0.2) is 28.2 Å². The van der Waals surface area contributed by atoms with Crippen LogP contribution in [0.25, 0.3) is 0 Å². The lowest BCUT2D eigenvalue weighted by molar-refractivity contribution is 0.0949. The molecule has 20 heavy (non-hydrogen) atoms. The lowest BCUT2D eigenvalue weighted by Gasteiger charge is -2.05. The molecule has 1 heterocycles. The Balaban J connectivity index is 1.69. The standard InChI is InChI=1S/C14H16N4OS/c15-13-12(16-8-9-17-13)14(19)18-7-4-10-20-11-5-2-1-3-6-11/h1-3,5-6,8-9H,4,7,10H2,(H2,15,17)(H,18,19). The minimum atomic E-state index is -0.277. The van der Waals surface area contributed by atoms with Crippen molar-refractivity contribution in [2.24, 2.45) is 0 Å². The Hall–Kier alpha value is -2.08. The second-order valence-corrected chi connectivity index (χ2v) is 5.23. The molecule has 0 spiro atoms. The SMILES string of the molecule is Nc1nccnc1C(=O)NCCCSc1ccccc1. The Kier molecular flexibility index (Phi) is 5.37. The van der Waals surface area contributed by atoms with E-state index in [0.717, 1.165) is 12.2 Å². The molecule has 5 nitrogen and oxygen atoms in total. The van der Waals surface area contributed by atoms with Crippen molar-refractivity contribution in [2.75, 3.05) is 18.0 Å². The van der Waals surface area contributed by atoms with Crippen molar-refractivity contribution in [1.82, 2.24) is 15.3 Å². The maximum atomic E-state index is 11.8. The number of amides is 1. The molecule has 1 amide bonds. The molecule has 0 aliphatic rings.